The van der Waals surface area contributed by atoms with E-state index >= 15 is 0 Å². The Hall–Kier alpha value is -1.04. The van der Waals surface area contributed by atoms with E-state index in [2.05, 4.69) is 22.3 Å². The molecule has 0 spiro atoms. The van der Waals surface area contributed by atoms with Crippen molar-refractivity contribution in [1.29, 1.82) is 0 Å². The van der Waals surface area contributed by atoms with Crippen LogP contribution in [0.4, 0.5) is 0 Å². The highest BCUT2D eigenvalue weighted by atomic mass is 32.2. The van der Waals surface area contributed by atoms with Gasteiger partial charge in [-0.2, -0.15) is 11.8 Å². The van der Waals surface area contributed by atoms with E-state index in [1.165, 1.54) is 5.56 Å². The molecule has 4 nitrogen and oxygen atoms in total. The fourth-order valence-corrected chi connectivity index (χ4v) is 4.53. The summed E-state index contributed by atoms with van der Waals surface area (Å²) in [6.07, 6.45) is 2.74. The van der Waals surface area contributed by atoms with Crippen molar-refractivity contribution in [1.82, 2.24) is 10.2 Å². The third-order valence-electron chi connectivity index (χ3n) is 4.57. The molecule has 0 radical (unpaired) electrons. The number of hydrogen-bond donors (Lipinski definition) is 2. The number of likely N-dealkylation sites (tertiary alicyclic amines) is 1. The molecule has 120 valence electrons. The highest BCUT2D eigenvalue weighted by molar-refractivity contribution is 7.99. The zero-order valence-corrected chi connectivity index (χ0v) is 13.6. The van der Waals surface area contributed by atoms with Crippen LogP contribution >= 0.6 is 11.8 Å². The molecule has 0 aromatic heterocycles. The third kappa shape index (κ3) is 3.83. The molecule has 0 saturated carbocycles. The van der Waals surface area contributed by atoms with Crippen molar-refractivity contribution in [3.63, 3.8) is 0 Å². The van der Waals surface area contributed by atoms with E-state index in [1.807, 2.05) is 18.2 Å². The Morgan fingerprint density at radius 2 is 2.23 bits per heavy atom. The molecular formula is C17H24N2O2S. The fraction of sp³-hybridized carbons (Fsp3) is 0.588. The monoisotopic (exact) mass is 320 g/mol. The van der Waals surface area contributed by atoms with Gasteiger partial charge >= 0.3 is 0 Å². The van der Waals surface area contributed by atoms with Crippen LogP contribution in [-0.4, -0.2) is 52.2 Å². The normalized spacial score (nSPS) is 28.9. The average Bonchev–Trinajstić information content (AvgIpc) is 3.16. The second kappa shape index (κ2) is 7.02. The first-order chi connectivity index (χ1) is 10.7. The molecule has 0 unspecified atom stereocenters. The van der Waals surface area contributed by atoms with Crippen molar-refractivity contribution in [2.24, 2.45) is 0 Å². The van der Waals surface area contributed by atoms with Gasteiger partial charge in [0.2, 0.25) is 5.91 Å². The van der Waals surface area contributed by atoms with Crippen LogP contribution in [-0.2, 0) is 11.3 Å². The van der Waals surface area contributed by atoms with Gasteiger partial charge in [0, 0.05) is 18.8 Å². The van der Waals surface area contributed by atoms with Gasteiger partial charge in [0.25, 0.3) is 0 Å². The number of aliphatic hydroxyl groups is 1. The third-order valence-corrected chi connectivity index (χ3v) is 5.80. The van der Waals surface area contributed by atoms with E-state index in [4.69, 9.17) is 0 Å². The lowest BCUT2D eigenvalue weighted by atomic mass is 10.0. The SMILES string of the molecule is O=C(NC[C@@]1(O)CCSC1)[C@@H]1CCCN1Cc1ccccc1. The van der Waals surface area contributed by atoms with Crippen LogP contribution in [0.25, 0.3) is 0 Å². The largest absolute Gasteiger partial charge is 0.387 e. The predicted molar refractivity (Wildman–Crippen MR) is 89.8 cm³/mol. The van der Waals surface area contributed by atoms with Crippen molar-refractivity contribution in [2.45, 2.75) is 37.5 Å². The van der Waals surface area contributed by atoms with Gasteiger partial charge in [-0.15, -0.1) is 0 Å². The summed E-state index contributed by atoms with van der Waals surface area (Å²) in [6.45, 7) is 2.17. The summed E-state index contributed by atoms with van der Waals surface area (Å²) in [5, 5.41) is 13.3. The quantitative estimate of drug-likeness (QED) is 0.866. The van der Waals surface area contributed by atoms with Crippen LogP contribution in [0.1, 0.15) is 24.8 Å². The number of nitrogens with one attached hydrogen (secondary N) is 1. The van der Waals surface area contributed by atoms with Gasteiger partial charge in [0.15, 0.2) is 0 Å². The van der Waals surface area contributed by atoms with Gasteiger partial charge in [-0.1, -0.05) is 30.3 Å². The molecule has 1 aromatic carbocycles. The van der Waals surface area contributed by atoms with Crippen molar-refractivity contribution in [3.05, 3.63) is 35.9 Å². The minimum absolute atomic E-state index is 0.0575. The van der Waals surface area contributed by atoms with E-state index in [0.29, 0.717) is 6.54 Å². The molecule has 2 atom stereocenters. The van der Waals surface area contributed by atoms with Gasteiger partial charge in [-0.05, 0) is 37.1 Å². The maximum atomic E-state index is 12.5. The van der Waals surface area contributed by atoms with E-state index in [-0.39, 0.29) is 11.9 Å². The predicted octanol–water partition coefficient (Wildman–Crippen LogP) is 1.64. The summed E-state index contributed by atoms with van der Waals surface area (Å²) in [5.74, 6) is 1.78. The van der Waals surface area contributed by atoms with E-state index in [9.17, 15) is 9.90 Å². The van der Waals surface area contributed by atoms with Crippen LogP contribution in [0.2, 0.25) is 0 Å². The van der Waals surface area contributed by atoms with E-state index < -0.39 is 5.60 Å². The Labute approximate surface area is 136 Å². The van der Waals surface area contributed by atoms with Crippen LogP contribution in [0.5, 0.6) is 0 Å². The molecule has 0 aliphatic carbocycles. The van der Waals surface area contributed by atoms with Crippen LogP contribution < -0.4 is 5.32 Å². The molecular weight excluding hydrogens is 296 g/mol. The number of benzene rings is 1. The Kier molecular flexibility index (Phi) is 5.06. The Morgan fingerprint density at radius 3 is 2.95 bits per heavy atom. The maximum Gasteiger partial charge on any atom is 0.237 e. The summed E-state index contributed by atoms with van der Waals surface area (Å²) in [6, 6.07) is 10.2. The van der Waals surface area contributed by atoms with Crippen LogP contribution in [0.15, 0.2) is 30.3 Å². The van der Waals surface area contributed by atoms with Gasteiger partial charge in [0.1, 0.15) is 0 Å². The molecule has 5 heteroatoms. The van der Waals surface area contributed by atoms with Crippen molar-refractivity contribution < 1.29 is 9.90 Å². The fourth-order valence-electron chi connectivity index (χ4n) is 3.24. The number of carbonyl (C=O) groups excluding carboxylic acids is 1. The van der Waals surface area contributed by atoms with E-state index in [1.54, 1.807) is 11.8 Å². The molecule has 2 N–H and O–H groups in total. The highest BCUT2D eigenvalue weighted by Crippen LogP contribution is 2.27. The summed E-state index contributed by atoms with van der Waals surface area (Å²) < 4.78 is 0. The molecule has 2 aliphatic rings. The van der Waals surface area contributed by atoms with Crippen LogP contribution in [0.3, 0.4) is 0 Å². The summed E-state index contributed by atoms with van der Waals surface area (Å²) in [4.78, 5) is 14.7. The highest BCUT2D eigenvalue weighted by Gasteiger charge is 2.35. The molecule has 3 rings (SSSR count). The minimum Gasteiger partial charge on any atom is -0.387 e. The summed E-state index contributed by atoms with van der Waals surface area (Å²) in [5.41, 5.74) is 0.538. The molecule has 2 saturated heterocycles. The van der Waals surface area contributed by atoms with Gasteiger partial charge in [0.05, 0.1) is 11.6 Å². The number of amides is 1. The van der Waals surface area contributed by atoms with Crippen LogP contribution in [0, 0.1) is 0 Å². The molecule has 0 bridgehead atoms. The minimum atomic E-state index is -0.705. The first-order valence-electron chi connectivity index (χ1n) is 8.02. The topological polar surface area (TPSA) is 52.6 Å². The molecule has 2 fully saturated rings. The lowest BCUT2D eigenvalue weighted by Gasteiger charge is -2.26. The van der Waals surface area contributed by atoms with Gasteiger partial charge < -0.3 is 10.4 Å². The van der Waals surface area contributed by atoms with Gasteiger partial charge in [-0.3, -0.25) is 9.69 Å². The second-order valence-electron chi connectivity index (χ2n) is 6.36. The molecule has 2 heterocycles. The summed E-state index contributed by atoms with van der Waals surface area (Å²) in [7, 11) is 0. The standard InChI is InChI=1S/C17H24N2O2S/c20-16(18-12-17(21)8-10-22-13-17)15-7-4-9-19(15)11-14-5-2-1-3-6-14/h1-3,5-6,15,21H,4,7-13H2,(H,18,20)/t15-,17-/m0/s1. The number of rotatable bonds is 5. The zero-order chi connectivity index (χ0) is 15.4. The zero-order valence-electron chi connectivity index (χ0n) is 12.8. The number of thioether (sulfide) groups is 1. The van der Waals surface area contributed by atoms with Crippen molar-refractivity contribution in [2.75, 3.05) is 24.6 Å². The van der Waals surface area contributed by atoms with Gasteiger partial charge in [-0.25, -0.2) is 0 Å². The number of hydrogen-bond acceptors (Lipinski definition) is 4. The Bertz CT molecular complexity index is 503. The molecule has 1 amide bonds. The van der Waals surface area contributed by atoms with E-state index in [0.717, 1.165) is 43.9 Å². The molecule has 2 aliphatic heterocycles. The smallest absolute Gasteiger partial charge is 0.237 e. The molecule has 22 heavy (non-hydrogen) atoms. The lowest BCUT2D eigenvalue weighted by Crippen LogP contribution is -2.49. The molecule has 1 aromatic rings. The summed E-state index contributed by atoms with van der Waals surface area (Å²) >= 11 is 1.76. The maximum absolute atomic E-state index is 12.5. The van der Waals surface area contributed by atoms with Crippen molar-refractivity contribution in [3.8, 4) is 0 Å². The first kappa shape index (κ1) is 15.8. The second-order valence-corrected chi connectivity index (χ2v) is 7.46. The van der Waals surface area contributed by atoms with Crippen molar-refractivity contribution >= 4 is 17.7 Å². The number of nitrogens with zero attached hydrogens (tertiary/aromatic N) is 1. The Morgan fingerprint density at radius 1 is 1.41 bits per heavy atom. The first-order valence-corrected chi connectivity index (χ1v) is 9.18. The average molecular weight is 320 g/mol. The Balaban J connectivity index is 1.54. The lowest BCUT2D eigenvalue weighted by molar-refractivity contribution is -0.126. The number of carbonyl (C=O) groups is 1.